The Morgan fingerprint density at radius 3 is 2.43 bits per heavy atom. The van der Waals surface area contributed by atoms with Crippen molar-refractivity contribution in [3.05, 3.63) is 65.4 Å². The number of nitrogen functional groups attached to an aromatic ring is 1. The minimum atomic E-state index is -1.25. The van der Waals surface area contributed by atoms with Crippen molar-refractivity contribution < 1.29 is 38.0 Å². The third kappa shape index (κ3) is 5.27. The summed E-state index contributed by atoms with van der Waals surface area (Å²) < 4.78 is 48.4. The van der Waals surface area contributed by atoms with Gasteiger partial charge in [0.25, 0.3) is 5.88 Å². The molecule has 3 aromatic rings. The number of aromatic hydroxyl groups is 1. The van der Waals surface area contributed by atoms with Gasteiger partial charge in [0, 0.05) is 23.9 Å². The highest BCUT2D eigenvalue weighted by molar-refractivity contribution is 5.95. The van der Waals surface area contributed by atoms with Crippen LogP contribution >= 0.6 is 0 Å². The number of phenols is 1. The predicted molar refractivity (Wildman–Crippen MR) is 155 cm³/mol. The zero-order valence-electron chi connectivity index (χ0n) is 23.8. The topological polar surface area (TPSA) is 164 Å². The Labute approximate surface area is 251 Å². The van der Waals surface area contributed by atoms with Crippen LogP contribution in [0.5, 0.6) is 34.6 Å². The number of aliphatic imine (C=N–C) groups is 1. The second kappa shape index (κ2) is 11.1. The van der Waals surface area contributed by atoms with Crippen LogP contribution in [0, 0.1) is 22.5 Å². The molecule has 1 aromatic heterocycles. The molecule has 3 aliphatic carbocycles. The Kier molecular flexibility index (Phi) is 7.36. The van der Waals surface area contributed by atoms with Gasteiger partial charge in [0.1, 0.15) is 29.1 Å². The first-order valence-corrected chi connectivity index (χ1v) is 14.1. The largest absolute Gasteiger partial charge is 0.504 e. The molecular weight excluding hydrogens is 576 g/mol. The fourth-order valence-corrected chi connectivity index (χ4v) is 6.14. The molecule has 4 aliphatic rings. The standard InChI is InChI=1S/C31H31F2N5O6/c1-38-13-12-36-27(38)19-15-18(44-31-9-6-30(7-10-31,8-11-31)29(40)41)3-5-22(19)42-25-20(32)16-37-28(24(25)33)43-23-14-17(26(34)35)2-4-21(23)39/h2-5,12,14-16,27,39H,6-11,13H2,1H3,(H3,34,35)(H,40,41). The number of aromatic nitrogens is 1. The number of pyridine rings is 1. The van der Waals surface area contributed by atoms with Crippen molar-refractivity contribution in [2.24, 2.45) is 16.1 Å². The van der Waals surface area contributed by atoms with Crippen molar-refractivity contribution in [2.75, 3.05) is 13.6 Å². The van der Waals surface area contributed by atoms with E-state index in [1.165, 1.54) is 18.2 Å². The second-order valence-electron chi connectivity index (χ2n) is 11.6. The summed E-state index contributed by atoms with van der Waals surface area (Å²) in [4.78, 5) is 22.0. The van der Waals surface area contributed by atoms with Gasteiger partial charge in [-0.2, -0.15) is 4.39 Å². The highest BCUT2D eigenvalue weighted by Gasteiger charge is 2.54. The van der Waals surface area contributed by atoms with Gasteiger partial charge in [-0.1, -0.05) is 0 Å². The number of carboxylic acids is 1. The lowest BCUT2D eigenvalue weighted by Crippen LogP contribution is -2.52. The van der Waals surface area contributed by atoms with E-state index in [9.17, 15) is 19.4 Å². The average molecular weight is 608 g/mol. The molecule has 44 heavy (non-hydrogen) atoms. The quantitative estimate of drug-likeness (QED) is 0.182. The molecule has 1 unspecified atom stereocenters. The Balaban J connectivity index is 1.30. The van der Waals surface area contributed by atoms with Gasteiger partial charge in [-0.3, -0.25) is 20.1 Å². The average Bonchev–Trinajstić information content (AvgIpc) is 3.44. The summed E-state index contributed by atoms with van der Waals surface area (Å²) in [5.41, 5.74) is 5.06. The molecular formula is C31H31F2N5O6. The van der Waals surface area contributed by atoms with Crippen LogP contribution in [0.4, 0.5) is 8.78 Å². The lowest BCUT2D eigenvalue weighted by molar-refractivity contribution is -0.162. The number of phenolic OH excluding ortho intramolecular Hbond substituents is 1. The predicted octanol–water partition coefficient (Wildman–Crippen LogP) is 5.51. The van der Waals surface area contributed by atoms with E-state index < -0.39 is 46.4 Å². The van der Waals surface area contributed by atoms with Crippen molar-refractivity contribution in [1.82, 2.24) is 9.88 Å². The number of carboxylic acid groups (broad SMARTS) is 1. The van der Waals surface area contributed by atoms with Gasteiger partial charge >= 0.3 is 5.97 Å². The summed E-state index contributed by atoms with van der Waals surface area (Å²) in [6, 6.07) is 8.78. The summed E-state index contributed by atoms with van der Waals surface area (Å²) in [5.74, 6) is -4.79. The molecule has 0 radical (unpaired) electrons. The molecule has 3 fully saturated rings. The third-order valence-electron chi connectivity index (χ3n) is 8.85. The first-order valence-electron chi connectivity index (χ1n) is 14.1. The fraction of sp³-hybridized carbons (Fsp3) is 0.355. The second-order valence-corrected chi connectivity index (χ2v) is 11.6. The Morgan fingerprint density at radius 1 is 1.07 bits per heavy atom. The van der Waals surface area contributed by atoms with Gasteiger partial charge in [-0.05, 0) is 82.0 Å². The van der Waals surface area contributed by atoms with E-state index in [0.29, 0.717) is 56.4 Å². The molecule has 7 rings (SSSR count). The van der Waals surface area contributed by atoms with E-state index in [0.717, 1.165) is 6.20 Å². The maximum absolute atomic E-state index is 15.7. The molecule has 2 bridgehead atoms. The lowest BCUT2D eigenvalue weighted by atomic mass is 9.58. The number of hydrogen-bond donors (Lipinski definition) is 4. The molecule has 0 amide bonds. The van der Waals surface area contributed by atoms with Crippen LogP contribution in [0.3, 0.4) is 0 Å². The number of amidine groups is 1. The fourth-order valence-electron chi connectivity index (χ4n) is 6.14. The molecule has 230 valence electrons. The van der Waals surface area contributed by atoms with E-state index in [1.807, 2.05) is 11.9 Å². The molecule has 2 aromatic carbocycles. The Morgan fingerprint density at radius 2 is 1.80 bits per heavy atom. The van der Waals surface area contributed by atoms with Gasteiger partial charge < -0.3 is 30.2 Å². The summed E-state index contributed by atoms with van der Waals surface area (Å²) in [5, 5.41) is 27.5. The van der Waals surface area contributed by atoms with Crippen LogP contribution in [0.2, 0.25) is 0 Å². The van der Waals surface area contributed by atoms with Crippen LogP contribution in [0.15, 0.2) is 47.6 Å². The van der Waals surface area contributed by atoms with Gasteiger partial charge in [-0.25, -0.2) is 9.37 Å². The number of nitrogens with two attached hydrogens (primary N) is 1. The van der Waals surface area contributed by atoms with Gasteiger partial charge in [0.15, 0.2) is 17.3 Å². The normalized spacial score (nSPS) is 24.3. The monoisotopic (exact) mass is 607 g/mol. The molecule has 0 spiro atoms. The molecule has 5 N–H and O–H groups in total. The number of hydrogen-bond acceptors (Lipinski definition) is 9. The smallest absolute Gasteiger partial charge is 0.309 e. The van der Waals surface area contributed by atoms with Gasteiger partial charge in [0.2, 0.25) is 11.6 Å². The zero-order valence-corrected chi connectivity index (χ0v) is 23.8. The number of halogens is 2. The summed E-state index contributed by atoms with van der Waals surface area (Å²) in [7, 11) is 1.85. The molecule has 1 atom stereocenters. The number of ether oxygens (including phenoxy) is 3. The Bertz CT molecular complexity index is 1660. The van der Waals surface area contributed by atoms with Crippen LogP contribution in [-0.4, -0.2) is 57.3 Å². The molecule has 1 aliphatic heterocycles. The molecule has 13 heteroatoms. The Hall–Kier alpha value is -4.78. The number of rotatable bonds is 9. The number of benzene rings is 2. The first kappa shape index (κ1) is 29.3. The minimum Gasteiger partial charge on any atom is -0.504 e. The van der Waals surface area contributed by atoms with E-state index >= 15 is 4.39 Å². The zero-order chi connectivity index (χ0) is 31.2. The molecule has 11 nitrogen and oxygen atoms in total. The van der Waals surface area contributed by atoms with Crippen molar-refractivity contribution in [3.8, 4) is 34.6 Å². The number of carbonyl (C=O) groups is 1. The number of aliphatic carboxylic acids is 1. The van der Waals surface area contributed by atoms with E-state index in [-0.39, 0.29) is 28.6 Å². The highest BCUT2D eigenvalue weighted by atomic mass is 19.1. The van der Waals surface area contributed by atoms with E-state index in [1.54, 1.807) is 24.4 Å². The number of nitrogens with one attached hydrogen (secondary N) is 1. The van der Waals surface area contributed by atoms with Gasteiger partial charge in [0.05, 0.1) is 11.6 Å². The van der Waals surface area contributed by atoms with E-state index in [2.05, 4.69) is 9.98 Å². The minimum absolute atomic E-state index is 0.124. The van der Waals surface area contributed by atoms with Crippen molar-refractivity contribution >= 4 is 18.0 Å². The SMILES string of the molecule is CN1CC=NC1c1cc(OC23CCC(C(=O)O)(CC2)CC3)ccc1Oc1c(F)cnc(Oc2cc(C(=N)N)ccc2O)c1F. The molecule has 2 heterocycles. The first-order chi connectivity index (χ1) is 21.0. The van der Waals surface area contributed by atoms with Crippen LogP contribution in [0.1, 0.15) is 55.8 Å². The van der Waals surface area contributed by atoms with Crippen molar-refractivity contribution in [1.29, 1.82) is 5.41 Å². The summed E-state index contributed by atoms with van der Waals surface area (Å²) >= 11 is 0. The van der Waals surface area contributed by atoms with Crippen molar-refractivity contribution in [2.45, 2.75) is 50.3 Å². The molecule has 0 saturated heterocycles. The van der Waals surface area contributed by atoms with Crippen LogP contribution < -0.4 is 19.9 Å². The lowest BCUT2D eigenvalue weighted by Gasteiger charge is -2.50. The maximum atomic E-state index is 15.7. The summed E-state index contributed by atoms with van der Waals surface area (Å²) in [6.45, 7) is 0.551. The highest BCUT2D eigenvalue weighted by Crippen LogP contribution is 2.54. The number of fused-ring (bicyclic) bond motifs is 3. The molecule has 3 saturated carbocycles. The van der Waals surface area contributed by atoms with Crippen LogP contribution in [-0.2, 0) is 4.79 Å². The number of nitrogens with zero attached hydrogens (tertiary/aromatic N) is 3. The summed E-state index contributed by atoms with van der Waals surface area (Å²) in [6.07, 6.45) is 5.46. The van der Waals surface area contributed by atoms with E-state index in [4.69, 9.17) is 25.4 Å². The maximum Gasteiger partial charge on any atom is 0.309 e. The third-order valence-corrected chi connectivity index (χ3v) is 8.85. The van der Waals surface area contributed by atoms with Gasteiger partial charge in [-0.15, -0.1) is 0 Å². The van der Waals surface area contributed by atoms with Crippen LogP contribution in [0.25, 0.3) is 0 Å². The van der Waals surface area contributed by atoms with Crippen molar-refractivity contribution in [3.63, 3.8) is 0 Å².